The predicted octanol–water partition coefficient (Wildman–Crippen LogP) is 3.56. The Morgan fingerprint density at radius 1 is 1.27 bits per heavy atom. The summed E-state index contributed by atoms with van der Waals surface area (Å²) in [7, 11) is 0. The van der Waals surface area contributed by atoms with Crippen LogP contribution in [0.1, 0.15) is 16.0 Å². The van der Waals surface area contributed by atoms with Gasteiger partial charge in [-0.05, 0) is 43.0 Å². The molecule has 1 aromatic carbocycles. The summed E-state index contributed by atoms with van der Waals surface area (Å²) >= 11 is 1.52. The Labute approximate surface area is 133 Å². The Morgan fingerprint density at radius 2 is 2.09 bits per heavy atom. The molecule has 1 amide bonds. The third-order valence-corrected chi connectivity index (χ3v) is 3.77. The number of ether oxygens (including phenoxy) is 1. The molecular formula is C17H17NO3S. The molecule has 2 aromatic rings. The Kier molecular flexibility index (Phi) is 5.49. The van der Waals surface area contributed by atoms with E-state index < -0.39 is 5.97 Å². The number of benzene rings is 1. The first-order valence-electron chi connectivity index (χ1n) is 6.80. The van der Waals surface area contributed by atoms with Crippen molar-refractivity contribution in [3.63, 3.8) is 0 Å². The van der Waals surface area contributed by atoms with E-state index in [4.69, 9.17) is 4.74 Å². The fourth-order valence-corrected chi connectivity index (χ4v) is 2.48. The molecule has 0 saturated carbocycles. The topological polar surface area (TPSA) is 55.4 Å². The molecule has 1 aromatic heterocycles. The van der Waals surface area contributed by atoms with Gasteiger partial charge in [0, 0.05) is 16.6 Å². The van der Waals surface area contributed by atoms with E-state index in [1.807, 2.05) is 49.6 Å². The number of hydrogen-bond donors (Lipinski definition) is 1. The van der Waals surface area contributed by atoms with Gasteiger partial charge in [-0.15, -0.1) is 11.3 Å². The van der Waals surface area contributed by atoms with E-state index in [9.17, 15) is 9.59 Å². The van der Waals surface area contributed by atoms with Crippen molar-refractivity contribution in [2.24, 2.45) is 0 Å². The zero-order valence-electron chi connectivity index (χ0n) is 12.5. The zero-order valence-corrected chi connectivity index (χ0v) is 13.3. The molecule has 114 valence electrons. The van der Waals surface area contributed by atoms with Crippen LogP contribution in [0.4, 0.5) is 5.69 Å². The minimum absolute atomic E-state index is 0.305. The summed E-state index contributed by atoms with van der Waals surface area (Å²) in [5, 5.41) is 4.64. The highest BCUT2D eigenvalue weighted by molar-refractivity contribution is 7.10. The molecule has 0 spiro atoms. The van der Waals surface area contributed by atoms with Crippen molar-refractivity contribution in [1.29, 1.82) is 0 Å². The maximum atomic E-state index is 11.8. The quantitative estimate of drug-likeness (QED) is 0.678. The summed E-state index contributed by atoms with van der Waals surface area (Å²) in [6.45, 7) is 3.60. The molecule has 1 N–H and O–H groups in total. The Morgan fingerprint density at radius 3 is 2.77 bits per heavy atom. The zero-order chi connectivity index (χ0) is 15.9. The van der Waals surface area contributed by atoms with Gasteiger partial charge < -0.3 is 10.1 Å². The smallest absolute Gasteiger partial charge is 0.331 e. The number of rotatable bonds is 5. The van der Waals surface area contributed by atoms with Crippen molar-refractivity contribution < 1.29 is 14.3 Å². The van der Waals surface area contributed by atoms with Crippen molar-refractivity contribution >= 4 is 35.0 Å². The molecule has 0 bridgehead atoms. The average Bonchev–Trinajstić information content (AvgIpc) is 2.99. The highest BCUT2D eigenvalue weighted by Gasteiger charge is 2.07. The van der Waals surface area contributed by atoms with E-state index in [2.05, 4.69) is 5.32 Å². The molecule has 22 heavy (non-hydrogen) atoms. The minimum atomic E-state index is -0.538. The van der Waals surface area contributed by atoms with Gasteiger partial charge in [-0.1, -0.05) is 23.8 Å². The van der Waals surface area contributed by atoms with Gasteiger partial charge >= 0.3 is 5.97 Å². The number of amides is 1. The lowest BCUT2D eigenvalue weighted by molar-refractivity contribution is -0.142. The second kappa shape index (κ2) is 7.56. The highest BCUT2D eigenvalue weighted by atomic mass is 32.1. The molecule has 0 aliphatic carbocycles. The first-order chi connectivity index (χ1) is 10.5. The van der Waals surface area contributed by atoms with Gasteiger partial charge in [-0.25, -0.2) is 4.79 Å². The number of aryl methyl sites for hydroxylation is 2. The largest absolute Gasteiger partial charge is 0.452 e. The second-order valence-corrected chi connectivity index (χ2v) is 5.80. The van der Waals surface area contributed by atoms with Gasteiger partial charge in [0.15, 0.2) is 6.61 Å². The molecule has 5 heteroatoms. The van der Waals surface area contributed by atoms with Crippen molar-refractivity contribution in [1.82, 2.24) is 0 Å². The first kappa shape index (κ1) is 16.0. The standard InChI is InChI=1S/C17H17NO3S/c1-12-5-7-15(13(2)10-12)18-16(19)11-21-17(20)8-6-14-4-3-9-22-14/h3-10H,11H2,1-2H3,(H,18,19). The van der Waals surface area contributed by atoms with E-state index in [0.717, 1.165) is 21.7 Å². The van der Waals surface area contributed by atoms with Crippen LogP contribution < -0.4 is 5.32 Å². The van der Waals surface area contributed by atoms with Gasteiger partial charge in [0.2, 0.25) is 0 Å². The van der Waals surface area contributed by atoms with E-state index in [1.54, 1.807) is 6.08 Å². The van der Waals surface area contributed by atoms with E-state index >= 15 is 0 Å². The summed E-state index contributed by atoms with van der Waals surface area (Å²) in [5.74, 6) is -0.894. The number of hydrogen-bond acceptors (Lipinski definition) is 4. The molecule has 0 aliphatic heterocycles. The number of anilines is 1. The van der Waals surface area contributed by atoms with Crippen LogP contribution in [0, 0.1) is 13.8 Å². The van der Waals surface area contributed by atoms with E-state index in [1.165, 1.54) is 17.4 Å². The molecule has 0 saturated heterocycles. The number of esters is 1. The molecular weight excluding hydrogens is 298 g/mol. The molecule has 0 radical (unpaired) electrons. The lowest BCUT2D eigenvalue weighted by Crippen LogP contribution is -2.20. The third kappa shape index (κ3) is 4.86. The molecule has 2 rings (SSSR count). The number of thiophene rings is 1. The van der Waals surface area contributed by atoms with Crippen LogP contribution in [0.15, 0.2) is 41.8 Å². The molecule has 0 unspecified atom stereocenters. The van der Waals surface area contributed by atoms with Crippen LogP contribution in [-0.4, -0.2) is 18.5 Å². The van der Waals surface area contributed by atoms with Gasteiger partial charge in [0.25, 0.3) is 5.91 Å². The van der Waals surface area contributed by atoms with Crippen LogP contribution in [0.25, 0.3) is 6.08 Å². The normalized spacial score (nSPS) is 10.6. The lowest BCUT2D eigenvalue weighted by atomic mass is 10.1. The molecule has 0 atom stereocenters. The van der Waals surface area contributed by atoms with Gasteiger partial charge in [-0.2, -0.15) is 0 Å². The van der Waals surface area contributed by atoms with Crippen LogP contribution in [-0.2, 0) is 14.3 Å². The van der Waals surface area contributed by atoms with Crippen molar-refractivity contribution in [2.45, 2.75) is 13.8 Å². The number of carbonyl (C=O) groups excluding carboxylic acids is 2. The number of carbonyl (C=O) groups is 2. The van der Waals surface area contributed by atoms with Crippen LogP contribution in [0.5, 0.6) is 0 Å². The third-order valence-electron chi connectivity index (χ3n) is 2.93. The Bertz CT molecular complexity index is 690. The fourth-order valence-electron chi connectivity index (χ4n) is 1.86. The van der Waals surface area contributed by atoms with Crippen molar-refractivity contribution in [3.05, 3.63) is 57.8 Å². The van der Waals surface area contributed by atoms with Gasteiger partial charge in [0.05, 0.1) is 0 Å². The minimum Gasteiger partial charge on any atom is -0.452 e. The van der Waals surface area contributed by atoms with E-state index in [0.29, 0.717) is 0 Å². The maximum absolute atomic E-state index is 11.8. The predicted molar refractivity (Wildman–Crippen MR) is 88.9 cm³/mol. The van der Waals surface area contributed by atoms with E-state index in [-0.39, 0.29) is 12.5 Å². The Hall–Kier alpha value is -2.40. The van der Waals surface area contributed by atoms with Crippen LogP contribution in [0.3, 0.4) is 0 Å². The van der Waals surface area contributed by atoms with Crippen LogP contribution in [0.2, 0.25) is 0 Å². The SMILES string of the molecule is Cc1ccc(NC(=O)COC(=O)C=Cc2cccs2)c(C)c1. The number of nitrogens with one attached hydrogen (secondary N) is 1. The van der Waals surface area contributed by atoms with Gasteiger partial charge in [-0.3, -0.25) is 4.79 Å². The summed E-state index contributed by atoms with van der Waals surface area (Å²) < 4.78 is 4.90. The lowest BCUT2D eigenvalue weighted by Gasteiger charge is -2.09. The molecule has 1 heterocycles. The summed E-state index contributed by atoms with van der Waals surface area (Å²) in [6.07, 6.45) is 2.98. The van der Waals surface area contributed by atoms with Crippen molar-refractivity contribution in [2.75, 3.05) is 11.9 Å². The first-order valence-corrected chi connectivity index (χ1v) is 7.68. The highest BCUT2D eigenvalue weighted by Crippen LogP contribution is 2.15. The van der Waals surface area contributed by atoms with Gasteiger partial charge in [0.1, 0.15) is 0 Å². The molecule has 4 nitrogen and oxygen atoms in total. The monoisotopic (exact) mass is 315 g/mol. The molecule has 0 aliphatic rings. The maximum Gasteiger partial charge on any atom is 0.331 e. The Balaban J connectivity index is 1.81. The second-order valence-electron chi connectivity index (χ2n) is 4.82. The molecule has 0 fully saturated rings. The summed E-state index contributed by atoms with van der Waals surface area (Å²) in [5.41, 5.74) is 2.82. The van der Waals surface area contributed by atoms with Crippen LogP contribution >= 0.6 is 11.3 Å². The fraction of sp³-hybridized carbons (Fsp3) is 0.176. The van der Waals surface area contributed by atoms with Crippen molar-refractivity contribution in [3.8, 4) is 0 Å². The summed E-state index contributed by atoms with van der Waals surface area (Å²) in [6, 6.07) is 9.51. The average molecular weight is 315 g/mol. The summed E-state index contributed by atoms with van der Waals surface area (Å²) in [4.78, 5) is 24.3.